The number of fused-ring (bicyclic) bond motifs is 2. The Kier molecular flexibility index (Phi) is 14.5. The number of ether oxygens (including phenoxy) is 3. The van der Waals surface area contributed by atoms with Crippen LogP contribution in [0.1, 0.15) is 67.6 Å². The second-order valence-corrected chi connectivity index (χ2v) is 16.9. The summed E-state index contributed by atoms with van der Waals surface area (Å²) in [4.78, 5) is 23.6. The molecule has 1 saturated heterocycles. The van der Waals surface area contributed by atoms with Gasteiger partial charge in [0.25, 0.3) is 5.69 Å². The summed E-state index contributed by atoms with van der Waals surface area (Å²) in [6, 6.07) is 16.7. The molecule has 7 rings (SSSR count). The van der Waals surface area contributed by atoms with Crippen LogP contribution < -0.4 is 9.47 Å². The molecule has 58 heavy (non-hydrogen) atoms. The lowest BCUT2D eigenvalue weighted by Crippen LogP contribution is -2.64. The number of rotatable bonds is 23. The molecule has 3 aromatic rings. The van der Waals surface area contributed by atoms with Gasteiger partial charge >= 0.3 is 0 Å². The smallest absolute Gasteiger partial charge is 0.269 e. The van der Waals surface area contributed by atoms with Crippen molar-refractivity contribution in [1.29, 1.82) is 0 Å². The van der Waals surface area contributed by atoms with Gasteiger partial charge in [-0.3, -0.25) is 20.0 Å². The fourth-order valence-electron chi connectivity index (χ4n) is 8.92. The van der Waals surface area contributed by atoms with Gasteiger partial charge in [0.2, 0.25) is 5.79 Å². The van der Waals surface area contributed by atoms with Crippen molar-refractivity contribution in [2.24, 2.45) is 22.9 Å². The number of nitro groups is 1. The van der Waals surface area contributed by atoms with E-state index < -0.39 is 10.7 Å². The lowest BCUT2D eigenvalue weighted by atomic mass is 9.56. The van der Waals surface area contributed by atoms with Crippen LogP contribution in [0.25, 0.3) is 0 Å². The fraction of sp³-hybridized carbons (Fsp3) is 0.511. The third-order valence-electron chi connectivity index (χ3n) is 11.8. The van der Waals surface area contributed by atoms with Crippen molar-refractivity contribution in [3.8, 4) is 11.5 Å². The van der Waals surface area contributed by atoms with Crippen molar-refractivity contribution in [1.82, 2.24) is 9.88 Å². The summed E-state index contributed by atoms with van der Waals surface area (Å²) in [5.74, 6) is 1.40. The number of unbranched alkanes of at least 4 members (excludes halogenated alkanes) is 2. The first-order valence-corrected chi connectivity index (χ1v) is 21.8. The second kappa shape index (κ2) is 20.1. The van der Waals surface area contributed by atoms with E-state index in [1.807, 2.05) is 42.4 Å². The van der Waals surface area contributed by atoms with Gasteiger partial charge in [-0.15, -0.1) is 6.58 Å². The Morgan fingerprint density at radius 1 is 1.03 bits per heavy atom. The van der Waals surface area contributed by atoms with Crippen molar-refractivity contribution in [2.45, 2.75) is 74.9 Å². The number of allylic oxidation sites excluding steroid dienone is 1. The first kappa shape index (κ1) is 41.9. The van der Waals surface area contributed by atoms with Crippen LogP contribution in [-0.4, -0.2) is 93.6 Å². The molecule has 1 saturated carbocycles. The van der Waals surface area contributed by atoms with Crippen LogP contribution in [0.5, 0.6) is 11.5 Å². The van der Waals surface area contributed by atoms with Gasteiger partial charge in [0, 0.05) is 75.3 Å². The summed E-state index contributed by atoms with van der Waals surface area (Å²) < 4.78 is 20.7. The Morgan fingerprint density at radius 2 is 1.81 bits per heavy atom. The van der Waals surface area contributed by atoms with E-state index in [2.05, 4.69) is 34.7 Å². The van der Waals surface area contributed by atoms with E-state index in [1.165, 1.54) is 17.7 Å². The molecule has 4 aliphatic rings. The first-order chi connectivity index (χ1) is 28.4. The monoisotopic (exact) mass is 812 g/mol. The lowest BCUT2D eigenvalue weighted by molar-refractivity contribution is -0.384. The molecule has 1 aromatic heterocycles. The van der Waals surface area contributed by atoms with Gasteiger partial charge in [0.05, 0.1) is 28.4 Å². The van der Waals surface area contributed by atoms with E-state index in [4.69, 9.17) is 24.2 Å². The molecule has 12 nitrogen and oxygen atoms in total. The van der Waals surface area contributed by atoms with E-state index in [0.717, 1.165) is 91.4 Å². The molecular weight excluding hydrogens is 757 g/mol. The topological polar surface area (TPSA) is 149 Å². The number of aliphatic hydroxyl groups excluding tert-OH is 2. The number of thioether (sulfide) groups is 1. The maximum absolute atomic E-state index is 11.3. The fourth-order valence-corrected chi connectivity index (χ4v) is 10.3. The molecule has 3 heterocycles. The summed E-state index contributed by atoms with van der Waals surface area (Å²) >= 11 is 1.82. The number of nitrogens with zero attached hydrogens (tertiary/aromatic N) is 4. The van der Waals surface area contributed by atoms with Gasteiger partial charge in [-0.1, -0.05) is 30.1 Å². The molecule has 0 bridgehead atoms. The van der Waals surface area contributed by atoms with Crippen LogP contribution in [0.2, 0.25) is 0 Å². The summed E-state index contributed by atoms with van der Waals surface area (Å²) in [7, 11) is 0. The Labute approximate surface area is 345 Å². The molecule has 2 N–H and O–H groups in total. The SMILES string of the molecule is C=CCOC12Oc3ccc(OCCN4CC4)cc3C3C(CCCCO)C(CCCCO)C=C(C(=NOCc4ccc([N+](=O)[O-])cc4)CC1SCCc1ccncc1)C32. The van der Waals surface area contributed by atoms with E-state index >= 15 is 0 Å². The minimum absolute atomic E-state index is 0.0239. The third kappa shape index (κ3) is 9.94. The average Bonchev–Trinajstić information content (AvgIpc) is 4.07. The van der Waals surface area contributed by atoms with Crippen molar-refractivity contribution in [3.63, 3.8) is 0 Å². The summed E-state index contributed by atoms with van der Waals surface area (Å²) in [5.41, 5.74) is 4.99. The zero-order chi connectivity index (χ0) is 40.3. The molecule has 6 unspecified atom stereocenters. The number of hydrogen-bond donors (Lipinski definition) is 2. The molecule has 310 valence electrons. The van der Waals surface area contributed by atoms with E-state index in [9.17, 15) is 20.3 Å². The number of non-ortho nitro benzene ring substituents is 1. The van der Waals surface area contributed by atoms with Crippen LogP contribution in [-0.2, 0) is 22.6 Å². The maximum atomic E-state index is 11.3. The number of aryl methyl sites for hydroxylation is 1. The molecule has 2 aromatic carbocycles. The highest BCUT2D eigenvalue weighted by molar-refractivity contribution is 8.00. The largest absolute Gasteiger partial charge is 0.492 e. The minimum Gasteiger partial charge on any atom is -0.492 e. The second-order valence-electron chi connectivity index (χ2n) is 15.6. The molecule has 0 amide bonds. The molecule has 0 spiro atoms. The zero-order valence-electron chi connectivity index (χ0n) is 33.2. The number of pyridine rings is 1. The first-order valence-electron chi connectivity index (χ1n) is 20.7. The van der Waals surface area contributed by atoms with Gasteiger partial charge < -0.3 is 29.3 Å². The molecule has 6 atom stereocenters. The molecule has 0 radical (unpaired) electrons. The summed E-state index contributed by atoms with van der Waals surface area (Å²) in [6.45, 7) is 8.49. The van der Waals surface area contributed by atoms with Crippen LogP contribution in [0.4, 0.5) is 5.69 Å². The van der Waals surface area contributed by atoms with Crippen LogP contribution in [0.3, 0.4) is 0 Å². The Balaban J connectivity index is 1.32. The third-order valence-corrected chi connectivity index (χ3v) is 13.2. The minimum atomic E-state index is -1.06. The van der Waals surface area contributed by atoms with Gasteiger partial charge in [-0.2, -0.15) is 11.8 Å². The van der Waals surface area contributed by atoms with Crippen molar-refractivity contribution < 1.29 is 34.2 Å². The zero-order valence-corrected chi connectivity index (χ0v) is 34.0. The number of nitro benzene ring substituents is 1. The quantitative estimate of drug-likeness (QED) is 0.0323. The number of aliphatic hydroxyl groups is 2. The van der Waals surface area contributed by atoms with E-state index in [1.54, 1.807) is 18.2 Å². The maximum Gasteiger partial charge on any atom is 0.269 e. The number of aromatic nitrogens is 1. The van der Waals surface area contributed by atoms with Crippen LogP contribution in [0.15, 0.2) is 96.5 Å². The van der Waals surface area contributed by atoms with Gasteiger partial charge in [0.15, 0.2) is 0 Å². The lowest BCUT2D eigenvalue weighted by Gasteiger charge is -2.58. The number of hydrogen-bond acceptors (Lipinski definition) is 12. The molecular formula is C45H56N4O8S. The molecule has 13 heteroatoms. The van der Waals surface area contributed by atoms with E-state index in [-0.39, 0.29) is 54.4 Å². The highest BCUT2D eigenvalue weighted by atomic mass is 32.2. The molecule has 2 fully saturated rings. The summed E-state index contributed by atoms with van der Waals surface area (Å²) in [5, 5.41) is 35.8. The highest BCUT2D eigenvalue weighted by Gasteiger charge is 2.64. The van der Waals surface area contributed by atoms with Crippen LogP contribution in [0, 0.1) is 27.9 Å². The average molecular weight is 813 g/mol. The summed E-state index contributed by atoms with van der Waals surface area (Å²) in [6.07, 6.45) is 14.1. The highest BCUT2D eigenvalue weighted by Crippen LogP contribution is 2.62. The van der Waals surface area contributed by atoms with Crippen molar-refractivity contribution >= 4 is 23.2 Å². The predicted molar refractivity (Wildman–Crippen MR) is 225 cm³/mol. The van der Waals surface area contributed by atoms with Gasteiger partial charge in [-0.25, -0.2) is 0 Å². The Morgan fingerprint density at radius 3 is 2.53 bits per heavy atom. The van der Waals surface area contributed by atoms with Gasteiger partial charge in [-0.05, 0) is 109 Å². The Bertz CT molecular complexity index is 1890. The van der Waals surface area contributed by atoms with Crippen molar-refractivity contribution in [2.75, 3.05) is 51.8 Å². The van der Waals surface area contributed by atoms with Crippen LogP contribution >= 0.6 is 11.8 Å². The molecule has 2 aliphatic carbocycles. The molecule has 2 aliphatic heterocycles. The number of oxime groups is 1. The Hall–Kier alpha value is -4.27. The van der Waals surface area contributed by atoms with Gasteiger partial charge in [0.1, 0.15) is 24.7 Å². The standard InChI is InChI=1S/C45H56N4O8S/c1-2-25-55-45-42(58-27-17-32-15-18-46-19-16-32)30-40(47-56-31-33-9-11-35(12-10-33)49(52)53)38-28-34(7-3-5-23-50)37(8-4-6-24-51)43(44(38)45)39-29-36(13-14-41(39)57-45)54-26-22-48-20-21-48/h2,9-16,18-19,28-29,34,37,42-44,50-51H,1,3-8,17,20-27,30-31H2. The predicted octanol–water partition coefficient (Wildman–Crippen LogP) is 7.49. The van der Waals surface area contributed by atoms with E-state index in [0.29, 0.717) is 32.5 Å². The normalized spacial score (nSPS) is 25.2. The number of benzene rings is 2. The van der Waals surface area contributed by atoms with Crippen molar-refractivity contribution in [3.05, 3.63) is 118 Å².